The summed E-state index contributed by atoms with van der Waals surface area (Å²) in [6.07, 6.45) is 1.89. The number of hydrogen-bond acceptors (Lipinski definition) is 3. The fraction of sp³-hybridized carbons (Fsp3) is 0.188. The number of aromatic nitrogens is 5. The van der Waals surface area contributed by atoms with Crippen LogP contribution >= 0.6 is 0 Å². The Balaban J connectivity index is 2.17. The van der Waals surface area contributed by atoms with E-state index < -0.39 is 11.2 Å². The Morgan fingerprint density at radius 2 is 1.91 bits per heavy atom. The third kappa shape index (κ3) is 1.79. The minimum Gasteiger partial charge on any atom is -0.310 e. The molecule has 0 radical (unpaired) electrons. The van der Waals surface area contributed by atoms with Gasteiger partial charge in [0, 0.05) is 19.8 Å². The van der Waals surface area contributed by atoms with Crippen LogP contribution in [0.25, 0.3) is 28.2 Å². The molecule has 4 aromatic rings. The minimum atomic E-state index is -0.463. The molecule has 0 amide bonds. The third-order valence-corrected chi connectivity index (χ3v) is 4.10. The molecule has 4 rings (SSSR count). The second-order valence-corrected chi connectivity index (χ2v) is 5.40. The highest BCUT2D eigenvalue weighted by molar-refractivity contribution is 5.77. The first kappa shape index (κ1) is 13.6. The van der Waals surface area contributed by atoms with Gasteiger partial charge in [0.25, 0.3) is 5.56 Å². The van der Waals surface area contributed by atoms with E-state index in [1.54, 1.807) is 11.4 Å². The number of rotatable bonds is 2. The molecule has 116 valence electrons. The summed E-state index contributed by atoms with van der Waals surface area (Å²) in [6.45, 7) is 2.73. The van der Waals surface area contributed by atoms with Crippen molar-refractivity contribution in [1.29, 1.82) is 0 Å². The Bertz CT molecular complexity index is 1140. The largest absolute Gasteiger partial charge is 0.329 e. The van der Waals surface area contributed by atoms with Gasteiger partial charge in [0.15, 0.2) is 11.2 Å². The summed E-state index contributed by atoms with van der Waals surface area (Å²) in [7, 11) is 1.60. The molecule has 0 fully saturated rings. The highest BCUT2D eigenvalue weighted by Crippen LogP contribution is 2.24. The molecule has 1 N–H and O–H groups in total. The van der Waals surface area contributed by atoms with Gasteiger partial charge in [-0.15, -0.1) is 0 Å². The van der Waals surface area contributed by atoms with E-state index in [4.69, 9.17) is 0 Å². The third-order valence-electron chi connectivity index (χ3n) is 4.10. The maximum atomic E-state index is 12.2. The first-order chi connectivity index (χ1) is 11.1. The Kier molecular flexibility index (Phi) is 2.77. The normalized spacial score (nSPS) is 11.6. The van der Waals surface area contributed by atoms with Gasteiger partial charge in [-0.1, -0.05) is 30.3 Å². The molecule has 0 unspecified atom stereocenters. The number of fused-ring (bicyclic) bond motifs is 3. The van der Waals surface area contributed by atoms with Gasteiger partial charge in [-0.25, -0.2) is 4.79 Å². The van der Waals surface area contributed by atoms with Crippen LogP contribution < -0.4 is 11.2 Å². The van der Waals surface area contributed by atoms with Gasteiger partial charge in [-0.05, 0) is 12.5 Å². The summed E-state index contributed by atoms with van der Waals surface area (Å²) in [5, 5.41) is 0. The van der Waals surface area contributed by atoms with E-state index in [1.165, 1.54) is 4.57 Å². The van der Waals surface area contributed by atoms with Crippen LogP contribution in [0.2, 0.25) is 0 Å². The molecule has 0 aliphatic carbocycles. The lowest BCUT2D eigenvalue weighted by molar-refractivity contribution is 0.787. The first-order valence-corrected chi connectivity index (χ1v) is 7.38. The Morgan fingerprint density at radius 3 is 2.61 bits per heavy atom. The number of aryl methyl sites for hydroxylation is 2. The van der Waals surface area contributed by atoms with Crippen LogP contribution in [-0.2, 0) is 13.6 Å². The van der Waals surface area contributed by atoms with Gasteiger partial charge in [-0.3, -0.25) is 18.7 Å². The predicted octanol–water partition coefficient (Wildman–Crippen LogP) is 1.36. The van der Waals surface area contributed by atoms with Crippen LogP contribution in [0, 0.1) is 0 Å². The second-order valence-electron chi connectivity index (χ2n) is 5.40. The van der Waals surface area contributed by atoms with E-state index in [-0.39, 0.29) is 0 Å². The highest BCUT2D eigenvalue weighted by atomic mass is 16.2. The second kappa shape index (κ2) is 4.70. The van der Waals surface area contributed by atoms with Crippen molar-refractivity contribution in [3.63, 3.8) is 0 Å². The van der Waals surface area contributed by atoms with Crippen LogP contribution in [0.1, 0.15) is 6.92 Å². The van der Waals surface area contributed by atoms with E-state index in [0.29, 0.717) is 23.5 Å². The monoisotopic (exact) mass is 309 g/mol. The number of nitrogens with zero attached hydrogens (tertiary/aromatic N) is 4. The standard InChI is InChI=1S/C16H15N5O2/c1-3-20-11(10-7-5-4-6-8-10)9-21-12-13(17-15(20)21)19(2)16(23)18-14(12)22/h4-9H,3H2,1-2H3,(H,18,22,23). The molecule has 1 aromatic carbocycles. The summed E-state index contributed by atoms with van der Waals surface area (Å²) in [6, 6.07) is 9.94. The SMILES string of the molecule is CCn1c(-c2ccccc2)cn2c3c(=O)[nH]c(=O)n(C)c3nc12. The Hall–Kier alpha value is -3.09. The Morgan fingerprint density at radius 1 is 1.17 bits per heavy atom. The number of hydrogen-bond donors (Lipinski definition) is 1. The zero-order valence-corrected chi connectivity index (χ0v) is 12.8. The zero-order chi connectivity index (χ0) is 16.1. The number of nitrogens with one attached hydrogen (secondary N) is 1. The number of aromatic amines is 1. The van der Waals surface area contributed by atoms with E-state index >= 15 is 0 Å². The van der Waals surface area contributed by atoms with Crippen molar-refractivity contribution in [3.8, 4) is 11.3 Å². The van der Waals surface area contributed by atoms with E-state index in [9.17, 15) is 9.59 Å². The highest BCUT2D eigenvalue weighted by Gasteiger charge is 2.18. The smallest absolute Gasteiger partial charge is 0.310 e. The van der Waals surface area contributed by atoms with Gasteiger partial charge in [0.1, 0.15) is 0 Å². The lowest BCUT2D eigenvalue weighted by Crippen LogP contribution is -2.28. The van der Waals surface area contributed by atoms with Crippen molar-refractivity contribution < 1.29 is 0 Å². The van der Waals surface area contributed by atoms with Gasteiger partial charge in [-0.2, -0.15) is 4.98 Å². The molecule has 7 heteroatoms. The lowest BCUT2D eigenvalue weighted by atomic mass is 10.2. The van der Waals surface area contributed by atoms with Crippen molar-refractivity contribution in [2.45, 2.75) is 13.5 Å². The summed E-state index contributed by atoms with van der Waals surface area (Å²) >= 11 is 0. The average molecular weight is 309 g/mol. The van der Waals surface area contributed by atoms with Crippen LogP contribution in [0.15, 0.2) is 46.1 Å². The molecule has 7 nitrogen and oxygen atoms in total. The molecule has 3 heterocycles. The summed E-state index contributed by atoms with van der Waals surface area (Å²) in [4.78, 5) is 30.8. The number of imidazole rings is 2. The average Bonchev–Trinajstić information content (AvgIpc) is 3.09. The van der Waals surface area contributed by atoms with E-state index in [1.807, 2.05) is 48.0 Å². The summed E-state index contributed by atoms with van der Waals surface area (Å²) in [5.41, 5.74) is 1.90. The fourth-order valence-corrected chi connectivity index (χ4v) is 2.95. The van der Waals surface area contributed by atoms with Gasteiger partial charge in [0.05, 0.1) is 5.69 Å². The topological polar surface area (TPSA) is 77.1 Å². The summed E-state index contributed by atoms with van der Waals surface area (Å²) in [5.74, 6) is 0.646. The minimum absolute atomic E-state index is 0.381. The van der Waals surface area contributed by atoms with Crippen LogP contribution in [0.5, 0.6) is 0 Å². The quantitative estimate of drug-likeness (QED) is 0.607. The fourth-order valence-electron chi connectivity index (χ4n) is 2.95. The summed E-state index contributed by atoms with van der Waals surface area (Å²) < 4.78 is 5.13. The van der Waals surface area contributed by atoms with Crippen LogP contribution in [0.4, 0.5) is 0 Å². The molecule has 23 heavy (non-hydrogen) atoms. The molecule has 3 aromatic heterocycles. The maximum Gasteiger partial charge on any atom is 0.329 e. The van der Waals surface area contributed by atoms with E-state index in [0.717, 1.165) is 11.3 Å². The van der Waals surface area contributed by atoms with Gasteiger partial charge < -0.3 is 4.57 Å². The number of H-pyrrole nitrogens is 1. The molecule has 0 saturated heterocycles. The molecule has 0 saturated carbocycles. The zero-order valence-electron chi connectivity index (χ0n) is 12.8. The van der Waals surface area contributed by atoms with Gasteiger partial charge >= 0.3 is 5.69 Å². The lowest BCUT2D eigenvalue weighted by Gasteiger charge is -2.05. The molecule has 0 aliphatic heterocycles. The van der Waals surface area contributed by atoms with Crippen molar-refractivity contribution in [2.24, 2.45) is 7.05 Å². The first-order valence-electron chi connectivity index (χ1n) is 7.38. The molecule has 0 bridgehead atoms. The molecule has 0 atom stereocenters. The van der Waals surface area contributed by atoms with Crippen molar-refractivity contribution in [1.82, 2.24) is 23.5 Å². The maximum absolute atomic E-state index is 12.2. The predicted molar refractivity (Wildman–Crippen MR) is 87.7 cm³/mol. The molecular formula is C16H15N5O2. The van der Waals surface area contributed by atoms with Crippen LogP contribution in [-0.4, -0.2) is 23.5 Å². The molecular weight excluding hydrogens is 294 g/mol. The van der Waals surface area contributed by atoms with Crippen molar-refractivity contribution >= 4 is 16.9 Å². The molecule has 0 aliphatic rings. The van der Waals surface area contributed by atoms with Crippen molar-refractivity contribution in [2.75, 3.05) is 0 Å². The van der Waals surface area contributed by atoms with E-state index in [2.05, 4.69) is 9.97 Å². The number of benzene rings is 1. The van der Waals surface area contributed by atoms with Gasteiger partial charge in [0.2, 0.25) is 5.78 Å². The Labute approximate surface area is 130 Å². The molecule has 0 spiro atoms. The van der Waals surface area contributed by atoms with Crippen LogP contribution in [0.3, 0.4) is 0 Å². The van der Waals surface area contributed by atoms with Crippen molar-refractivity contribution in [3.05, 3.63) is 57.4 Å².